The highest BCUT2D eigenvalue weighted by molar-refractivity contribution is 9.10. The minimum atomic E-state index is -0.253. The van der Waals surface area contributed by atoms with Gasteiger partial charge >= 0.3 is 0 Å². The highest BCUT2D eigenvalue weighted by atomic mass is 79.9. The van der Waals surface area contributed by atoms with E-state index in [0.717, 1.165) is 31.2 Å². The molecule has 0 spiro atoms. The summed E-state index contributed by atoms with van der Waals surface area (Å²) in [5.74, 6) is -0.253. The van der Waals surface area contributed by atoms with E-state index in [0.29, 0.717) is 20.7 Å². The lowest BCUT2D eigenvalue weighted by Crippen LogP contribution is -2.16. The van der Waals surface area contributed by atoms with Crippen LogP contribution in [0.3, 0.4) is 0 Å². The summed E-state index contributed by atoms with van der Waals surface area (Å²) < 4.78 is 2.15. The van der Waals surface area contributed by atoms with Gasteiger partial charge in [0.15, 0.2) is 0 Å². The second kappa shape index (κ2) is 5.62. The second-order valence-corrected chi connectivity index (χ2v) is 6.91. The Morgan fingerprint density at radius 2 is 2.29 bits per heavy atom. The molecule has 0 unspecified atom stereocenters. The fraction of sp³-hybridized carbons (Fsp3) is 0.357. The van der Waals surface area contributed by atoms with Crippen molar-refractivity contribution in [2.45, 2.75) is 25.7 Å². The topological polar surface area (TPSA) is 70.7 Å². The number of halogens is 1. The Morgan fingerprint density at radius 1 is 1.52 bits per heavy atom. The number of hydrogen-bond donors (Lipinski definition) is 1. The summed E-state index contributed by atoms with van der Waals surface area (Å²) >= 11 is 4.84. The first-order chi connectivity index (χ1) is 10.1. The van der Waals surface area contributed by atoms with E-state index in [1.165, 1.54) is 20.9 Å². The van der Waals surface area contributed by atoms with Crippen molar-refractivity contribution in [1.29, 1.82) is 5.26 Å². The van der Waals surface area contributed by atoms with E-state index in [4.69, 9.17) is 0 Å². The summed E-state index contributed by atoms with van der Waals surface area (Å²) in [5.41, 5.74) is 2.19. The smallest absolute Gasteiger partial charge is 0.275 e. The first-order valence-electron chi connectivity index (χ1n) is 6.65. The van der Waals surface area contributed by atoms with Crippen LogP contribution < -0.4 is 5.32 Å². The monoisotopic (exact) mass is 364 g/mol. The van der Waals surface area contributed by atoms with Crippen LogP contribution in [-0.2, 0) is 19.9 Å². The van der Waals surface area contributed by atoms with Crippen molar-refractivity contribution in [3.63, 3.8) is 0 Å². The molecule has 0 bridgehead atoms. The van der Waals surface area contributed by atoms with Gasteiger partial charge in [0.05, 0.1) is 16.2 Å². The van der Waals surface area contributed by atoms with Crippen molar-refractivity contribution in [2.75, 3.05) is 5.32 Å². The summed E-state index contributed by atoms with van der Waals surface area (Å²) in [5, 5.41) is 17.0. The number of nitriles is 1. The maximum Gasteiger partial charge on any atom is 0.275 e. The Labute approximate surface area is 134 Å². The SMILES string of the molecule is Cn1ncc(Br)c1C(=O)Nc1sc2c(c1C#N)CCCC2. The summed E-state index contributed by atoms with van der Waals surface area (Å²) in [6.45, 7) is 0. The lowest BCUT2D eigenvalue weighted by atomic mass is 9.96. The molecule has 1 amide bonds. The number of aryl methyl sites for hydroxylation is 2. The summed E-state index contributed by atoms with van der Waals surface area (Å²) in [6, 6.07) is 2.25. The number of rotatable bonds is 2. The van der Waals surface area contributed by atoms with E-state index in [9.17, 15) is 10.1 Å². The van der Waals surface area contributed by atoms with Crippen molar-refractivity contribution in [3.8, 4) is 6.07 Å². The van der Waals surface area contributed by atoms with Crippen LogP contribution in [0.15, 0.2) is 10.7 Å². The van der Waals surface area contributed by atoms with Gasteiger partial charge in [-0.1, -0.05) is 0 Å². The molecule has 2 heterocycles. The Balaban J connectivity index is 1.94. The van der Waals surface area contributed by atoms with E-state index in [-0.39, 0.29) is 5.91 Å². The Bertz CT molecular complexity index is 736. The number of fused-ring (bicyclic) bond motifs is 1. The highest BCUT2D eigenvalue weighted by Gasteiger charge is 2.23. The minimum absolute atomic E-state index is 0.253. The Morgan fingerprint density at radius 3 is 2.95 bits per heavy atom. The van der Waals surface area contributed by atoms with Gasteiger partial charge in [0.25, 0.3) is 5.91 Å². The Kier molecular flexibility index (Phi) is 3.83. The van der Waals surface area contributed by atoms with Crippen molar-refractivity contribution < 1.29 is 4.79 Å². The lowest BCUT2D eigenvalue weighted by molar-refractivity contribution is 0.101. The molecule has 0 saturated carbocycles. The van der Waals surface area contributed by atoms with Crippen LogP contribution in [0.25, 0.3) is 0 Å². The van der Waals surface area contributed by atoms with Gasteiger partial charge < -0.3 is 5.32 Å². The molecule has 108 valence electrons. The molecule has 5 nitrogen and oxygen atoms in total. The fourth-order valence-electron chi connectivity index (χ4n) is 2.60. The van der Waals surface area contributed by atoms with Crippen LogP contribution >= 0.6 is 27.3 Å². The molecule has 7 heteroatoms. The van der Waals surface area contributed by atoms with E-state index in [2.05, 4.69) is 32.4 Å². The number of nitrogens with zero attached hydrogens (tertiary/aromatic N) is 3. The van der Waals surface area contributed by atoms with Gasteiger partial charge in [0.1, 0.15) is 16.8 Å². The van der Waals surface area contributed by atoms with Gasteiger partial charge in [0.2, 0.25) is 0 Å². The zero-order valence-corrected chi connectivity index (χ0v) is 13.8. The standard InChI is InChI=1S/C14H13BrN4OS/c1-19-12(10(15)7-17-19)13(20)18-14-9(6-16)8-4-2-3-5-11(8)21-14/h7H,2-5H2,1H3,(H,18,20). The predicted molar refractivity (Wildman–Crippen MR) is 84.5 cm³/mol. The van der Waals surface area contributed by atoms with Gasteiger partial charge in [0, 0.05) is 11.9 Å². The first kappa shape index (κ1) is 14.3. The molecular formula is C14H13BrN4OS. The average molecular weight is 365 g/mol. The van der Waals surface area contributed by atoms with E-state index in [1.807, 2.05) is 0 Å². The van der Waals surface area contributed by atoms with Gasteiger partial charge in [-0.05, 0) is 47.2 Å². The largest absolute Gasteiger partial charge is 0.311 e. The van der Waals surface area contributed by atoms with Crippen molar-refractivity contribution in [1.82, 2.24) is 9.78 Å². The minimum Gasteiger partial charge on any atom is -0.311 e. The molecule has 3 rings (SSSR count). The molecule has 0 atom stereocenters. The third kappa shape index (κ3) is 2.49. The molecule has 2 aromatic rings. The Hall–Kier alpha value is -1.65. The number of nitrogens with one attached hydrogen (secondary N) is 1. The highest BCUT2D eigenvalue weighted by Crippen LogP contribution is 2.37. The molecule has 1 N–H and O–H groups in total. The molecule has 0 radical (unpaired) electrons. The summed E-state index contributed by atoms with van der Waals surface area (Å²) in [7, 11) is 1.71. The average Bonchev–Trinajstić information content (AvgIpc) is 2.98. The predicted octanol–water partition coefficient (Wildman–Crippen LogP) is 3.25. The molecule has 2 aromatic heterocycles. The van der Waals surface area contributed by atoms with Crippen LogP contribution in [0, 0.1) is 11.3 Å². The van der Waals surface area contributed by atoms with Crippen LogP contribution in [0.5, 0.6) is 0 Å². The number of hydrogen-bond acceptors (Lipinski definition) is 4. The number of carbonyl (C=O) groups is 1. The maximum atomic E-state index is 12.4. The van der Waals surface area contributed by atoms with Gasteiger partial charge in [-0.3, -0.25) is 9.48 Å². The fourth-order valence-corrected chi connectivity index (χ4v) is 4.36. The van der Waals surface area contributed by atoms with Gasteiger partial charge in [-0.15, -0.1) is 11.3 Å². The maximum absolute atomic E-state index is 12.4. The normalized spacial score (nSPS) is 13.6. The van der Waals surface area contributed by atoms with Crippen LogP contribution in [-0.4, -0.2) is 15.7 Å². The molecule has 0 aromatic carbocycles. The zero-order chi connectivity index (χ0) is 15.0. The summed E-state index contributed by atoms with van der Waals surface area (Å²) in [6.07, 6.45) is 5.78. The first-order valence-corrected chi connectivity index (χ1v) is 8.26. The third-order valence-corrected chi connectivity index (χ3v) is 5.41. The van der Waals surface area contributed by atoms with Crippen molar-refractivity contribution in [3.05, 3.63) is 32.4 Å². The molecule has 0 aliphatic heterocycles. The summed E-state index contributed by atoms with van der Waals surface area (Å²) in [4.78, 5) is 13.6. The molecule has 1 aliphatic rings. The van der Waals surface area contributed by atoms with Gasteiger partial charge in [-0.2, -0.15) is 10.4 Å². The quantitative estimate of drug-likeness (QED) is 0.888. The molecule has 0 saturated heterocycles. The molecule has 21 heavy (non-hydrogen) atoms. The lowest BCUT2D eigenvalue weighted by Gasteiger charge is -2.09. The molecular weight excluding hydrogens is 352 g/mol. The molecule has 0 fully saturated rings. The third-order valence-electron chi connectivity index (χ3n) is 3.62. The number of amides is 1. The zero-order valence-electron chi connectivity index (χ0n) is 11.4. The second-order valence-electron chi connectivity index (χ2n) is 4.95. The van der Waals surface area contributed by atoms with Crippen LogP contribution in [0.4, 0.5) is 5.00 Å². The van der Waals surface area contributed by atoms with E-state index >= 15 is 0 Å². The molecule has 1 aliphatic carbocycles. The van der Waals surface area contributed by atoms with Crippen molar-refractivity contribution >= 4 is 38.2 Å². The van der Waals surface area contributed by atoms with Crippen LogP contribution in [0.2, 0.25) is 0 Å². The number of carbonyl (C=O) groups excluding carboxylic acids is 1. The van der Waals surface area contributed by atoms with Crippen molar-refractivity contribution in [2.24, 2.45) is 7.05 Å². The number of thiophene rings is 1. The van der Waals surface area contributed by atoms with E-state index < -0.39 is 0 Å². The van der Waals surface area contributed by atoms with Crippen LogP contribution in [0.1, 0.15) is 39.3 Å². The van der Waals surface area contributed by atoms with Gasteiger partial charge in [-0.25, -0.2) is 0 Å². The van der Waals surface area contributed by atoms with E-state index in [1.54, 1.807) is 13.2 Å². The number of aromatic nitrogens is 2. The number of anilines is 1.